The van der Waals surface area contributed by atoms with Gasteiger partial charge in [-0.2, -0.15) is 0 Å². The highest BCUT2D eigenvalue weighted by Crippen LogP contribution is 2.26. The first-order chi connectivity index (χ1) is 15.8. The highest BCUT2D eigenvalue weighted by Gasteiger charge is 2.19. The molecule has 1 N–H and O–H groups in total. The normalized spacial score (nSPS) is 11.7. The lowest BCUT2D eigenvalue weighted by Gasteiger charge is -2.08. The van der Waals surface area contributed by atoms with E-state index in [-0.39, 0.29) is 10.7 Å². The van der Waals surface area contributed by atoms with Crippen LogP contribution < -0.4 is 0 Å². The quantitative estimate of drug-likeness (QED) is 0.406. The van der Waals surface area contributed by atoms with E-state index in [1.165, 1.54) is 6.07 Å². The molecule has 0 amide bonds. The summed E-state index contributed by atoms with van der Waals surface area (Å²) in [5, 5.41) is 25.8. The van der Waals surface area contributed by atoms with E-state index >= 15 is 0 Å². The molecule has 33 heavy (non-hydrogen) atoms. The average Bonchev–Trinajstić information content (AvgIpc) is 3.47. The lowest BCUT2D eigenvalue weighted by Crippen LogP contribution is -2.03. The molecule has 0 aliphatic carbocycles. The smallest absolute Gasteiger partial charge is 0.141 e. The van der Waals surface area contributed by atoms with E-state index in [9.17, 15) is 13.9 Å². The second-order valence-electron chi connectivity index (χ2n) is 6.78. The summed E-state index contributed by atoms with van der Waals surface area (Å²) in [5.74, 6) is -0.964. The number of aryl methyl sites for hydroxylation is 2. The summed E-state index contributed by atoms with van der Waals surface area (Å²) in [7, 11) is 0. The van der Waals surface area contributed by atoms with Crippen molar-refractivity contribution in [2.24, 2.45) is 0 Å². The molecule has 0 saturated heterocycles. The van der Waals surface area contributed by atoms with Crippen LogP contribution in [-0.4, -0.2) is 45.1 Å². The van der Waals surface area contributed by atoms with Gasteiger partial charge in [-0.15, -0.1) is 10.2 Å². The molecule has 0 bridgehead atoms. The molecule has 4 aromatic rings. The van der Waals surface area contributed by atoms with Crippen LogP contribution in [0.5, 0.6) is 0 Å². The van der Waals surface area contributed by atoms with Gasteiger partial charge in [-0.05, 0) is 31.5 Å². The molecule has 4 aromatic heterocycles. The zero-order valence-corrected chi connectivity index (χ0v) is 19.2. The molecule has 0 saturated carbocycles. The van der Waals surface area contributed by atoms with Crippen LogP contribution >= 0.6 is 23.2 Å². The van der Waals surface area contributed by atoms with E-state index in [1.807, 2.05) is 13.8 Å². The first-order valence-corrected chi connectivity index (χ1v) is 10.6. The number of halogens is 4. The van der Waals surface area contributed by atoms with Gasteiger partial charge in [0, 0.05) is 31.3 Å². The van der Waals surface area contributed by atoms with Gasteiger partial charge in [0.25, 0.3) is 0 Å². The van der Waals surface area contributed by atoms with Crippen LogP contribution in [0, 0.1) is 11.6 Å². The Balaban J connectivity index is 0.000000186. The van der Waals surface area contributed by atoms with Gasteiger partial charge >= 0.3 is 0 Å². The van der Waals surface area contributed by atoms with E-state index in [4.69, 9.17) is 23.2 Å². The largest absolute Gasteiger partial charge is 0.382 e. The molecule has 1 unspecified atom stereocenters. The standard InChI is InChI=1S/C10H10ClFN4O.C10H10ClFN4/c1-2-16-5-8(14-15-16)9(17)7-3-6(12)4-13-10(7)11;1-2-16-6-9(14-15-16)4-7-3-8(12)5-13-10(7)11/h3-5,9,17H,2H2,1H3;3,5-6H,2,4H2,1H3. The summed E-state index contributed by atoms with van der Waals surface area (Å²) in [6, 6.07) is 2.49. The van der Waals surface area contributed by atoms with E-state index < -0.39 is 17.7 Å². The molecule has 0 aliphatic heterocycles. The number of rotatable bonds is 6. The van der Waals surface area contributed by atoms with Gasteiger partial charge in [-0.25, -0.2) is 18.7 Å². The summed E-state index contributed by atoms with van der Waals surface area (Å²) in [6.07, 6.45) is 4.76. The van der Waals surface area contributed by atoms with E-state index in [0.717, 1.165) is 30.7 Å². The number of aromatic nitrogens is 8. The highest BCUT2D eigenvalue weighted by molar-refractivity contribution is 6.30. The summed E-state index contributed by atoms with van der Waals surface area (Å²) in [5.41, 5.74) is 1.84. The Bertz CT molecular complexity index is 1220. The lowest BCUT2D eigenvalue weighted by atomic mass is 10.1. The number of aliphatic hydroxyl groups excluding tert-OH is 1. The number of pyridine rings is 2. The highest BCUT2D eigenvalue weighted by atomic mass is 35.5. The van der Waals surface area contributed by atoms with Crippen LogP contribution in [0.1, 0.15) is 42.5 Å². The second-order valence-corrected chi connectivity index (χ2v) is 7.50. The summed E-state index contributed by atoms with van der Waals surface area (Å²) in [4.78, 5) is 7.36. The molecule has 0 aliphatic rings. The van der Waals surface area contributed by atoms with Gasteiger partial charge in [-0.3, -0.25) is 9.36 Å². The minimum atomic E-state index is -1.13. The Morgan fingerprint density at radius 3 is 2.15 bits per heavy atom. The molecular formula is C20H20Cl2F2N8O. The molecule has 0 fully saturated rings. The van der Waals surface area contributed by atoms with Crippen LogP contribution in [0.4, 0.5) is 8.78 Å². The molecule has 9 nitrogen and oxygen atoms in total. The van der Waals surface area contributed by atoms with Gasteiger partial charge in [0.05, 0.1) is 24.3 Å². The summed E-state index contributed by atoms with van der Waals surface area (Å²) >= 11 is 11.6. The van der Waals surface area contributed by atoms with Gasteiger partial charge in [-0.1, -0.05) is 33.6 Å². The number of aliphatic hydroxyl groups is 1. The van der Waals surface area contributed by atoms with E-state index in [0.29, 0.717) is 29.4 Å². The third-order valence-corrected chi connectivity index (χ3v) is 5.10. The molecule has 0 aromatic carbocycles. The molecule has 0 spiro atoms. The van der Waals surface area contributed by atoms with Crippen molar-refractivity contribution < 1.29 is 13.9 Å². The van der Waals surface area contributed by atoms with Crippen molar-refractivity contribution in [3.63, 3.8) is 0 Å². The summed E-state index contributed by atoms with van der Waals surface area (Å²) < 4.78 is 29.2. The maximum Gasteiger partial charge on any atom is 0.141 e. The van der Waals surface area contributed by atoms with Crippen LogP contribution in [0.25, 0.3) is 0 Å². The average molecular weight is 497 g/mol. The zero-order chi connectivity index (χ0) is 24.0. The second kappa shape index (κ2) is 11.2. The lowest BCUT2D eigenvalue weighted by molar-refractivity contribution is 0.214. The van der Waals surface area contributed by atoms with Crippen molar-refractivity contribution in [2.45, 2.75) is 39.5 Å². The van der Waals surface area contributed by atoms with Crippen molar-refractivity contribution in [3.05, 3.63) is 81.4 Å². The Hall–Kier alpha value is -3.02. The van der Waals surface area contributed by atoms with Crippen LogP contribution in [0.15, 0.2) is 36.9 Å². The van der Waals surface area contributed by atoms with Crippen molar-refractivity contribution >= 4 is 23.2 Å². The predicted molar refractivity (Wildman–Crippen MR) is 117 cm³/mol. The van der Waals surface area contributed by atoms with Crippen molar-refractivity contribution in [3.8, 4) is 0 Å². The number of hydrogen-bond donors (Lipinski definition) is 1. The molecule has 4 rings (SSSR count). The fourth-order valence-corrected chi connectivity index (χ4v) is 3.12. The number of hydrogen-bond acceptors (Lipinski definition) is 7. The SMILES string of the molecule is CCn1cc(C(O)c2cc(F)cnc2Cl)nn1.CCn1cc(Cc2cc(F)cnc2Cl)nn1. The van der Waals surface area contributed by atoms with Gasteiger partial charge < -0.3 is 5.11 Å². The Morgan fingerprint density at radius 1 is 0.909 bits per heavy atom. The van der Waals surface area contributed by atoms with Crippen LogP contribution in [0.3, 0.4) is 0 Å². The Morgan fingerprint density at radius 2 is 1.52 bits per heavy atom. The van der Waals surface area contributed by atoms with Gasteiger partial charge in [0.1, 0.15) is 33.7 Å². The van der Waals surface area contributed by atoms with Crippen LogP contribution in [-0.2, 0) is 19.5 Å². The molecule has 174 valence electrons. The Labute approximate surface area is 198 Å². The maximum absolute atomic E-state index is 13.0. The molecular weight excluding hydrogens is 477 g/mol. The minimum Gasteiger partial charge on any atom is -0.382 e. The minimum absolute atomic E-state index is 0.0462. The topological polar surface area (TPSA) is 107 Å². The van der Waals surface area contributed by atoms with Crippen molar-refractivity contribution in [2.75, 3.05) is 0 Å². The molecule has 4 heterocycles. The van der Waals surface area contributed by atoms with Gasteiger partial charge in [0.15, 0.2) is 0 Å². The zero-order valence-electron chi connectivity index (χ0n) is 17.7. The summed E-state index contributed by atoms with van der Waals surface area (Å²) in [6.45, 7) is 5.24. The van der Waals surface area contributed by atoms with Crippen molar-refractivity contribution in [1.82, 2.24) is 40.0 Å². The third kappa shape index (κ3) is 6.50. The van der Waals surface area contributed by atoms with E-state index in [1.54, 1.807) is 21.8 Å². The first-order valence-electron chi connectivity index (χ1n) is 9.88. The third-order valence-electron chi connectivity index (χ3n) is 4.45. The van der Waals surface area contributed by atoms with E-state index in [2.05, 4.69) is 30.6 Å². The first kappa shape index (κ1) is 24.6. The molecule has 13 heteroatoms. The Kier molecular flexibility index (Phi) is 8.37. The van der Waals surface area contributed by atoms with Crippen LogP contribution in [0.2, 0.25) is 10.3 Å². The number of nitrogens with zero attached hydrogens (tertiary/aromatic N) is 8. The van der Waals surface area contributed by atoms with Crippen molar-refractivity contribution in [1.29, 1.82) is 0 Å². The predicted octanol–water partition coefficient (Wildman–Crippen LogP) is 3.64. The molecule has 0 radical (unpaired) electrons. The fraction of sp³-hybridized carbons (Fsp3) is 0.300. The van der Waals surface area contributed by atoms with Gasteiger partial charge in [0.2, 0.25) is 0 Å². The monoisotopic (exact) mass is 496 g/mol. The maximum atomic E-state index is 13.0. The molecule has 1 atom stereocenters. The fourth-order valence-electron chi connectivity index (χ4n) is 2.74.